The molecule has 2 aromatic rings. The first-order chi connectivity index (χ1) is 10.5. The summed E-state index contributed by atoms with van der Waals surface area (Å²) < 4.78 is 27.7. The Kier molecular flexibility index (Phi) is 3.92. The Bertz CT molecular complexity index is 825. The van der Waals surface area contributed by atoms with Gasteiger partial charge in [0.25, 0.3) is 10.0 Å². The van der Waals surface area contributed by atoms with Crippen molar-refractivity contribution in [2.24, 2.45) is 0 Å². The molecule has 5 nitrogen and oxygen atoms in total. The molecule has 1 aromatic heterocycles. The molecule has 0 saturated carbocycles. The minimum atomic E-state index is -3.56. The quantitative estimate of drug-likeness (QED) is 0.901. The molecular weight excluding hydrogens is 320 g/mol. The fourth-order valence-electron chi connectivity index (χ4n) is 2.35. The first kappa shape index (κ1) is 15.1. The van der Waals surface area contributed by atoms with E-state index in [-0.39, 0.29) is 5.91 Å². The number of benzene rings is 1. The van der Waals surface area contributed by atoms with Crippen molar-refractivity contribution in [3.8, 4) is 0 Å². The van der Waals surface area contributed by atoms with Gasteiger partial charge >= 0.3 is 0 Å². The van der Waals surface area contributed by atoms with Gasteiger partial charge in [-0.1, -0.05) is 6.92 Å². The van der Waals surface area contributed by atoms with E-state index < -0.39 is 10.0 Å². The van der Waals surface area contributed by atoms with Crippen LogP contribution in [0.4, 0.5) is 11.4 Å². The summed E-state index contributed by atoms with van der Waals surface area (Å²) in [7, 11) is -3.56. The summed E-state index contributed by atoms with van der Waals surface area (Å²) in [6, 6.07) is 8.64. The fourth-order valence-corrected chi connectivity index (χ4v) is 4.69. The second-order valence-corrected chi connectivity index (χ2v) is 8.18. The number of carbonyl (C=O) groups is 1. The molecule has 1 aromatic carbocycles. The highest BCUT2D eigenvalue weighted by Crippen LogP contribution is 2.28. The molecule has 2 N–H and O–H groups in total. The van der Waals surface area contributed by atoms with Crippen LogP contribution in [0.1, 0.15) is 23.8 Å². The van der Waals surface area contributed by atoms with E-state index in [1.807, 2.05) is 13.0 Å². The Morgan fingerprint density at radius 1 is 1.23 bits per heavy atom. The van der Waals surface area contributed by atoms with Gasteiger partial charge in [0.2, 0.25) is 5.91 Å². The molecule has 1 aliphatic rings. The van der Waals surface area contributed by atoms with Gasteiger partial charge in [0.1, 0.15) is 4.21 Å². The van der Waals surface area contributed by atoms with Gasteiger partial charge in [-0.25, -0.2) is 8.42 Å². The largest absolute Gasteiger partial charge is 0.326 e. The van der Waals surface area contributed by atoms with E-state index in [0.29, 0.717) is 22.7 Å². The van der Waals surface area contributed by atoms with Crippen LogP contribution in [0.5, 0.6) is 0 Å². The molecule has 0 unspecified atom stereocenters. The number of thiophene rings is 1. The molecule has 1 amide bonds. The highest BCUT2D eigenvalue weighted by Gasteiger charge is 2.19. The van der Waals surface area contributed by atoms with Crippen molar-refractivity contribution in [2.45, 2.75) is 30.4 Å². The Labute approximate surface area is 133 Å². The number of carbonyl (C=O) groups excluding carboxylic acids is 1. The van der Waals surface area contributed by atoms with Crippen molar-refractivity contribution in [2.75, 3.05) is 10.0 Å². The Morgan fingerprint density at radius 2 is 2.05 bits per heavy atom. The van der Waals surface area contributed by atoms with Crippen molar-refractivity contribution in [1.29, 1.82) is 0 Å². The van der Waals surface area contributed by atoms with Crippen LogP contribution in [0.2, 0.25) is 0 Å². The molecule has 0 saturated heterocycles. The van der Waals surface area contributed by atoms with Gasteiger partial charge in [-0.3, -0.25) is 9.52 Å². The van der Waals surface area contributed by atoms with Gasteiger partial charge in [0.15, 0.2) is 0 Å². The lowest BCUT2D eigenvalue weighted by Gasteiger charge is -2.17. The minimum Gasteiger partial charge on any atom is -0.326 e. The van der Waals surface area contributed by atoms with E-state index in [4.69, 9.17) is 0 Å². The molecule has 7 heteroatoms. The average Bonchev–Trinajstić information content (AvgIpc) is 2.97. The van der Waals surface area contributed by atoms with Gasteiger partial charge in [0.05, 0.1) is 0 Å². The molecule has 22 heavy (non-hydrogen) atoms. The van der Waals surface area contributed by atoms with Crippen molar-refractivity contribution in [1.82, 2.24) is 0 Å². The smallest absolute Gasteiger partial charge is 0.271 e. The average molecular weight is 336 g/mol. The Morgan fingerprint density at radius 3 is 2.77 bits per heavy atom. The van der Waals surface area contributed by atoms with Crippen LogP contribution in [0, 0.1) is 0 Å². The number of amides is 1. The summed E-state index contributed by atoms with van der Waals surface area (Å²) in [6.45, 7) is 1.99. The fraction of sp³-hybridized carbons (Fsp3) is 0.267. The standard InChI is InChI=1S/C15H16N2O3S2/c1-2-12-5-8-15(21-12)22(19,20)17-11-4-6-13-10(9-11)3-7-14(18)16-13/h4-6,8-9,17H,2-3,7H2,1H3,(H,16,18). The predicted molar refractivity (Wildman–Crippen MR) is 87.9 cm³/mol. The second kappa shape index (κ2) is 5.73. The summed E-state index contributed by atoms with van der Waals surface area (Å²) in [5.41, 5.74) is 2.21. The van der Waals surface area contributed by atoms with E-state index in [1.54, 1.807) is 24.3 Å². The highest BCUT2D eigenvalue weighted by atomic mass is 32.2. The molecule has 0 aliphatic carbocycles. The maximum Gasteiger partial charge on any atom is 0.271 e. The van der Waals surface area contributed by atoms with Crippen molar-refractivity contribution in [3.63, 3.8) is 0 Å². The lowest BCUT2D eigenvalue weighted by molar-refractivity contribution is -0.116. The molecule has 1 aliphatic heterocycles. The first-order valence-electron chi connectivity index (χ1n) is 7.02. The Hall–Kier alpha value is -1.86. The monoisotopic (exact) mass is 336 g/mol. The second-order valence-electron chi connectivity index (χ2n) is 5.10. The number of nitrogens with one attached hydrogen (secondary N) is 2. The summed E-state index contributed by atoms with van der Waals surface area (Å²) in [6.07, 6.45) is 1.86. The molecule has 2 heterocycles. The zero-order chi connectivity index (χ0) is 15.7. The normalized spacial score (nSPS) is 14.3. The molecule has 0 atom stereocenters. The number of rotatable bonds is 4. The van der Waals surface area contributed by atoms with Gasteiger partial charge in [-0.15, -0.1) is 11.3 Å². The maximum absolute atomic E-state index is 12.4. The first-order valence-corrected chi connectivity index (χ1v) is 9.32. The van der Waals surface area contributed by atoms with Crippen LogP contribution in [0.3, 0.4) is 0 Å². The zero-order valence-corrected chi connectivity index (χ0v) is 13.7. The molecule has 0 bridgehead atoms. The van der Waals surface area contributed by atoms with E-state index in [0.717, 1.165) is 22.5 Å². The molecule has 0 radical (unpaired) electrons. The van der Waals surface area contributed by atoms with E-state index in [2.05, 4.69) is 10.0 Å². The van der Waals surface area contributed by atoms with Crippen LogP contribution in [-0.2, 0) is 27.7 Å². The molecule has 116 valence electrons. The predicted octanol–water partition coefficient (Wildman–Crippen LogP) is 3.00. The van der Waals surface area contributed by atoms with Crippen LogP contribution >= 0.6 is 11.3 Å². The number of aryl methyl sites for hydroxylation is 2. The molecular formula is C15H16N2O3S2. The van der Waals surface area contributed by atoms with Crippen LogP contribution in [0.15, 0.2) is 34.5 Å². The van der Waals surface area contributed by atoms with Crippen LogP contribution in [-0.4, -0.2) is 14.3 Å². The van der Waals surface area contributed by atoms with Gasteiger partial charge in [-0.2, -0.15) is 0 Å². The lowest BCUT2D eigenvalue weighted by atomic mass is 10.0. The SMILES string of the molecule is CCc1ccc(S(=O)(=O)Nc2ccc3c(c2)CCC(=O)N3)s1. The molecule has 0 fully saturated rings. The third-order valence-corrected chi connectivity index (χ3v) is 6.61. The Balaban J connectivity index is 1.85. The highest BCUT2D eigenvalue weighted by molar-refractivity contribution is 7.94. The lowest BCUT2D eigenvalue weighted by Crippen LogP contribution is -2.19. The summed E-state index contributed by atoms with van der Waals surface area (Å²) >= 11 is 1.28. The number of hydrogen-bond acceptors (Lipinski definition) is 4. The number of anilines is 2. The number of sulfonamides is 1. The molecule has 3 rings (SSSR count). The van der Waals surface area contributed by atoms with Crippen LogP contribution < -0.4 is 10.0 Å². The maximum atomic E-state index is 12.4. The molecule has 0 spiro atoms. The van der Waals surface area contributed by atoms with Crippen molar-refractivity contribution in [3.05, 3.63) is 40.8 Å². The van der Waals surface area contributed by atoms with Gasteiger partial charge < -0.3 is 5.32 Å². The van der Waals surface area contributed by atoms with E-state index in [1.165, 1.54) is 11.3 Å². The zero-order valence-electron chi connectivity index (χ0n) is 12.0. The summed E-state index contributed by atoms with van der Waals surface area (Å²) in [5.74, 6) is -0.00786. The minimum absolute atomic E-state index is 0.00786. The van der Waals surface area contributed by atoms with Gasteiger partial charge in [-0.05, 0) is 48.7 Å². The van der Waals surface area contributed by atoms with E-state index in [9.17, 15) is 13.2 Å². The van der Waals surface area contributed by atoms with Gasteiger partial charge in [0, 0.05) is 22.7 Å². The van der Waals surface area contributed by atoms with E-state index >= 15 is 0 Å². The third kappa shape index (κ3) is 3.00. The van der Waals surface area contributed by atoms with Crippen molar-refractivity contribution >= 4 is 38.6 Å². The summed E-state index contributed by atoms with van der Waals surface area (Å²) in [4.78, 5) is 12.4. The van der Waals surface area contributed by atoms with Crippen molar-refractivity contribution < 1.29 is 13.2 Å². The number of hydrogen-bond donors (Lipinski definition) is 2. The topological polar surface area (TPSA) is 75.3 Å². The van der Waals surface area contributed by atoms with Crippen LogP contribution in [0.25, 0.3) is 0 Å². The third-order valence-electron chi connectivity index (χ3n) is 3.50. The summed E-state index contributed by atoms with van der Waals surface area (Å²) in [5, 5.41) is 2.78. The number of fused-ring (bicyclic) bond motifs is 1.